The summed E-state index contributed by atoms with van der Waals surface area (Å²) >= 11 is 0. The van der Waals surface area contributed by atoms with Gasteiger partial charge >= 0.3 is 5.69 Å². The summed E-state index contributed by atoms with van der Waals surface area (Å²) in [4.78, 5) is 31.1. The van der Waals surface area contributed by atoms with E-state index in [0.29, 0.717) is 29.1 Å². The van der Waals surface area contributed by atoms with Crippen molar-refractivity contribution in [1.82, 2.24) is 19.1 Å². The predicted octanol–water partition coefficient (Wildman–Crippen LogP) is 0.171. The van der Waals surface area contributed by atoms with Gasteiger partial charge in [0.05, 0.1) is 0 Å². The number of rotatable bonds is 3. The number of aromatic nitrogens is 4. The van der Waals surface area contributed by atoms with Gasteiger partial charge in [0.25, 0.3) is 5.56 Å². The molecule has 0 amide bonds. The number of nitrogens with one attached hydrogen (secondary N) is 2. The van der Waals surface area contributed by atoms with E-state index in [4.69, 9.17) is 0 Å². The normalized spacial score (nSPS) is 21.8. The first kappa shape index (κ1) is 12.0. The first-order valence-corrected chi connectivity index (χ1v) is 6.45. The second-order valence-electron chi connectivity index (χ2n) is 5.14. The lowest BCUT2D eigenvalue weighted by molar-refractivity contribution is 0.709. The van der Waals surface area contributed by atoms with Crippen LogP contribution in [0.3, 0.4) is 0 Å². The Morgan fingerprint density at radius 3 is 2.74 bits per heavy atom. The van der Waals surface area contributed by atoms with Gasteiger partial charge in [0, 0.05) is 20.1 Å². The molecule has 1 fully saturated rings. The number of aromatic amines is 1. The molecule has 7 heteroatoms. The monoisotopic (exact) mass is 263 g/mol. The van der Waals surface area contributed by atoms with E-state index in [0.717, 1.165) is 17.4 Å². The summed E-state index contributed by atoms with van der Waals surface area (Å²) in [6.45, 7) is 2.16. The lowest BCUT2D eigenvalue weighted by atomic mass is 10.3. The Kier molecular flexibility index (Phi) is 2.51. The Bertz CT molecular complexity index is 754. The molecule has 0 spiro atoms. The lowest BCUT2D eigenvalue weighted by Gasteiger charge is -2.00. The molecule has 2 atom stereocenters. The highest BCUT2D eigenvalue weighted by Crippen LogP contribution is 2.35. The van der Waals surface area contributed by atoms with Crippen molar-refractivity contribution in [2.45, 2.75) is 25.8 Å². The van der Waals surface area contributed by atoms with Crippen molar-refractivity contribution in [3.8, 4) is 0 Å². The van der Waals surface area contributed by atoms with Gasteiger partial charge in [-0.15, -0.1) is 0 Å². The summed E-state index contributed by atoms with van der Waals surface area (Å²) in [5.74, 6) is 1.24. The van der Waals surface area contributed by atoms with Crippen molar-refractivity contribution >= 4 is 17.1 Å². The molecule has 1 aliphatic rings. The quantitative estimate of drug-likeness (QED) is 0.826. The fourth-order valence-electron chi connectivity index (χ4n) is 2.45. The minimum Gasteiger partial charge on any atom is -0.353 e. The molecular weight excluding hydrogens is 246 g/mol. The van der Waals surface area contributed by atoms with Gasteiger partial charge in [-0.05, 0) is 12.3 Å². The maximum absolute atomic E-state index is 12.0. The molecule has 0 aromatic carbocycles. The van der Waals surface area contributed by atoms with Crippen molar-refractivity contribution in [2.24, 2.45) is 20.0 Å². The third kappa shape index (κ3) is 1.76. The van der Waals surface area contributed by atoms with Gasteiger partial charge in [-0.1, -0.05) is 13.3 Å². The second-order valence-corrected chi connectivity index (χ2v) is 5.14. The van der Waals surface area contributed by atoms with E-state index in [1.807, 2.05) is 0 Å². The molecule has 1 saturated carbocycles. The number of fused-ring (bicyclic) bond motifs is 1. The SMILES string of the molecule is CCC1CC1Nc1nc2c([nH]1)c(=O)n(C)c(=O)n2C. The predicted molar refractivity (Wildman–Crippen MR) is 72.4 cm³/mol. The molecule has 1 aliphatic carbocycles. The molecule has 3 rings (SSSR count). The van der Waals surface area contributed by atoms with E-state index < -0.39 is 0 Å². The van der Waals surface area contributed by atoms with Gasteiger partial charge < -0.3 is 10.3 Å². The molecule has 102 valence electrons. The summed E-state index contributed by atoms with van der Waals surface area (Å²) in [7, 11) is 3.08. The molecule has 2 N–H and O–H groups in total. The minimum atomic E-state index is -0.367. The van der Waals surface area contributed by atoms with E-state index in [1.54, 1.807) is 7.05 Å². The Morgan fingerprint density at radius 2 is 2.11 bits per heavy atom. The van der Waals surface area contributed by atoms with Gasteiger partial charge in [-0.3, -0.25) is 13.9 Å². The Morgan fingerprint density at radius 1 is 1.37 bits per heavy atom. The Balaban J connectivity index is 2.06. The van der Waals surface area contributed by atoms with Gasteiger partial charge in [0.2, 0.25) is 5.95 Å². The van der Waals surface area contributed by atoms with E-state index in [9.17, 15) is 9.59 Å². The number of hydrogen-bond donors (Lipinski definition) is 2. The Labute approximate surface area is 109 Å². The van der Waals surface area contributed by atoms with Gasteiger partial charge in [0.1, 0.15) is 0 Å². The van der Waals surface area contributed by atoms with Crippen LogP contribution >= 0.6 is 0 Å². The number of hydrogen-bond acceptors (Lipinski definition) is 4. The van der Waals surface area contributed by atoms with Crippen LogP contribution in [0, 0.1) is 5.92 Å². The van der Waals surface area contributed by atoms with Crippen LogP contribution in [0.15, 0.2) is 9.59 Å². The number of nitrogens with zero attached hydrogens (tertiary/aromatic N) is 3. The molecule has 0 saturated heterocycles. The number of anilines is 1. The zero-order valence-electron chi connectivity index (χ0n) is 11.2. The van der Waals surface area contributed by atoms with Gasteiger partial charge in [-0.25, -0.2) is 4.79 Å². The van der Waals surface area contributed by atoms with E-state index in [-0.39, 0.29) is 11.2 Å². The van der Waals surface area contributed by atoms with Crippen LogP contribution in [-0.4, -0.2) is 25.1 Å². The van der Waals surface area contributed by atoms with Crippen molar-refractivity contribution in [3.05, 3.63) is 20.8 Å². The maximum Gasteiger partial charge on any atom is 0.332 e. The molecular formula is C12H17N5O2. The molecule has 0 bridgehead atoms. The lowest BCUT2D eigenvalue weighted by Crippen LogP contribution is -2.36. The number of H-pyrrole nitrogens is 1. The standard InChI is InChI=1S/C12H17N5O2/c1-4-6-5-7(6)13-11-14-8-9(15-11)16(2)12(19)17(3)10(8)18/h6-7H,4-5H2,1-3H3,(H2,13,14,15). The topological polar surface area (TPSA) is 84.7 Å². The van der Waals surface area contributed by atoms with Crippen molar-refractivity contribution < 1.29 is 0 Å². The van der Waals surface area contributed by atoms with E-state index in [1.165, 1.54) is 11.6 Å². The molecule has 0 radical (unpaired) electrons. The largest absolute Gasteiger partial charge is 0.353 e. The van der Waals surface area contributed by atoms with Gasteiger partial charge in [0.15, 0.2) is 11.2 Å². The molecule has 19 heavy (non-hydrogen) atoms. The zero-order chi connectivity index (χ0) is 13.7. The van der Waals surface area contributed by atoms with Crippen LogP contribution in [-0.2, 0) is 14.1 Å². The van der Waals surface area contributed by atoms with Crippen LogP contribution in [0.25, 0.3) is 11.2 Å². The zero-order valence-corrected chi connectivity index (χ0v) is 11.2. The van der Waals surface area contributed by atoms with Crippen molar-refractivity contribution in [1.29, 1.82) is 0 Å². The highest BCUT2D eigenvalue weighted by molar-refractivity contribution is 5.72. The summed E-state index contributed by atoms with van der Waals surface area (Å²) in [5, 5.41) is 3.27. The average molecular weight is 263 g/mol. The number of imidazole rings is 1. The van der Waals surface area contributed by atoms with Crippen LogP contribution < -0.4 is 16.6 Å². The third-order valence-electron chi connectivity index (χ3n) is 3.86. The van der Waals surface area contributed by atoms with Crippen LogP contribution in [0.5, 0.6) is 0 Å². The van der Waals surface area contributed by atoms with E-state index >= 15 is 0 Å². The first-order valence-electron chi connectivity index (χ1n) is 6.45. The van der Waals surface area contributed by atoms with Crippen molar-refractivity contribution in [2.75, 3.05) is 5.32 Å². The molecule has 2 unspecified atom stereocenters. The average Bonchev–Trinajstić information content (AvgIpc) is 3.01. The highest BCUT2D eigenvalue weighted by Gasteiger charge is 2.35. The van der Waals surface area contributed by atoms with Crippen molar-refractivity contribution in [3.63, 3.8) is 0 Å². The van der Waals surface area contributed by atoms with Crippen LogP contribution in [0.1, 0.15) is 19.8 Å². The second kappa shape index (κ2) is 3.97. The maximum atomic E-state index is 12.0. The summed E-state index contributed by atoms with van der Waals surface area (Å²) in [6, 6.07) is 0.423. The summed E-state index contributed by atoms with van der Waals surface area (Å²) < 4.78 is 2.46. The fraction of sp³-hybridized carbons (Fsp3) is 0.583. The van der Waals surface area contributed by atoms with Gasteiger partial charge in [-0.2, -0.15) is 4.98 Å². The summed E-state index contributed by atoms with van der Waals surface area (Å²) in [6.07, 6.45) is 2.27. The van der Waals surface area contributed by atoms with Crippen LogP contribution in [0.4, 0.5) is 5.95 Å². The smallest absolute Gasteiger partial charge is 0.332 e. The third-order valence-corrected chi connectivity index (χ3v) is 3.86. The van der Waals surface area contributed by atoms with E-state index in [2.05, 4.69) is 22.2 Å². The first-order chi connectivity index (χ1) is 9.02. The fourth-order valence-corrected chi connectivity index (χ4v) is 2.45. The molecule has 2 heterocycles. The summed E-state index contributed by atoms with van der Waals surface area (Å²) in [5.41, 5.74) is 0.0417. The molecule has 2 aromatic rings. The number of aryl methyl sites for hydroxylation is 1. The minimum absolute atomic E-state index is 0.346. The highest BCUT2D eigenvalue weighted by atomic mass is 16.2. The van der Waals surface area contributed by atoms with Crippen LogP contribution in [0.2, 0.25) is 0 Å². The molecule has 0 aliphatic heterocycles. The molecule has 2 aromatic heterocycles. The Hall–Kier alpha value is -2.05. The molecule has 7 nitrogen and oxygen atoms in total.